The van der Waals surface area contributed by atoms with Crippen LogP contribution in [0.2, 0.25) is 0 Å². The van der Waals surface area contributed by atoms with E-state index in [1.54, 1.807) is 25.9 Å². The number of carbonyl (C=O) groups excluding carboxylic acids is 1. The van der Waals surface area contributed by atoms with Crippen LogP contribution in [0.25, 0.3) is 0 Å². The summed E-state index contributed by atoms with van der Waals surface area (Å²) in [5, 5.41) is 0. The molecule has 2 rings (SSSR count). The highest BCUT2D eigenvalue weighted by atomic mass is 16.5. The minimum Gasteiger partial charge on any atom is -0.476 e. The molecule has 0 spiro atoms. The minimum atomic E-state index is -0.888. The summed E-state index contributed by atoms with van der Waals surface area (Å²) in [6.45, 7) is 5.60. The molecule has 1 atom stereocenters. The first-order valence-corrected chi connectivity index (χ1v) is 6.26. The van der Waals surface area contributed by atoms with Crippen LogP contribution in [0.1, 0.15) is 32.4 Å². The largest absolute Gasteiger partial charge is 0.476 e. The molecule has 0 saturated carbocycles. The lowest BCUT2D eigenvalue weighted by molar-refractivity contribution is -0.133. The van der Waals surface area contributed by atoms with E-state index in [0.717, 1.165) is 5.56 Å². The molecule has 5 nitrogen and oxygen atoms in total. The highest BCUT2D eigenvalue weighted by Gasteiger charge is 2.40. The second-order valence-electron chi connectivity index (χ2n) is 5.28. The Morgan fingerprint density at radius 1 is 1.47 bits per heavy atom. The smallest absolute Gasteiger partial charge is 0.272 e. The van der Waals surface area contributed by atoms with Gasteiger partial charge in [0.2, 0.25) is 0 Å². The highest BCUT2D eigenvalue weighted by Crippen LogP contribution is 2.38. The number of hydrogen-bond donors (Lipinski definition) is 1. The Morgan fingerprint density at radius 2 is 2.16 bits per heavy atom. The van der Waals surface area contributed by atoms with E-state index in [4.69, 9.17) is 15.2 Å². The molecule has 0 fully saturated rings. The summed E-state index contributed by atoms with van der Waals surface area (Å²) < 4.78 is 10.9. The summed E-state index contributed by atoms with van der Waals surface area (Å²) in [5.74, 6) is 0.551. The molecule has 0 radical (unpaired) electrons. The first-order chi connectivity index (χ1) is 8.86. The molecule has 104 valence electrons. The Kier molecular flexibility index (Phi) is 3.52. The van der Waals surface area contributed by atoms with Crippen molar-refractivity contribution < 1.29 is 14.3 Å². The van der Waals surface area contributed by atoms with Crippen molar-refractivity contribution in [1.82, 2.24) is 0 Å². The van der Waals surface area contributed by atoms with Gasteiger partial charge in [-0.05, 0) is 38.5 Å². The molecule has 1 heterocycles. The van der Waals surface area contributed by atoms with Gasteiger partial charge in [-0.1, -0.05) is 6.07 Å². The molecule has 0 bridgehead atoms. The maximum Gasteiger partial charge on any atom is 0.272 e. The topological polar surface area (TPSA) is 64.8 Å². The molecule has 0 aliphatic carbocycles. The van der Waals surface area contributed by atoms with Crippen molar-refractivity contribution in [2.75, 3.05) is 18.7 Å². The third kappa shape index (κ3) is 2.43. The molecule has 19 heavy (non-hydrogen) atoms. The molecule has 1 amide bonds. The maximum atomic E-state index is 12.4. The molecule has 1 aromatic carbocycles. The van der Waals surface area contributed by atoms with Crippen LogP contribution in [0.5, 0.6) is 5.75 Å². The average Bonchev–Trinajstić information content (AvgIpc) is 2.34. The van der Waals surface area contributed by atoms with E-state index >= 15 is 0 Å². The number of carbonyl (C=O) groups is 1. The van der Waals surface area contributed by atoms with E-state index in [1.807, 2.05) is 25.1 Å². The second kappa shape index (κ2) is 4.83. The van der Waals surface area contributed by atoms with Crippen molar-refractivity contribution in [3.05, 3.63) is 23.8 Å². The van der Waals surface area contributed by atoms with E-state index in [9.17, 15) is 4.79 Å². The van der Waals surface area contributed by atoms with Crippen LogP contribution in [0.4, 0.5) is 5.69 Å². The summed E-state index contributed by atoms with van der Waals surface area (Å²) >= 11 is 0. The fourth-order valence-corrected chi connectivity index (χ4v) is 2.13. The highest BCUT2D eigenvalue weighted by molar-refractivity contribution is 6.02. The summed E-state index contributed by atoms with van der Waals surface area (Å²) in [5.41, 5.74) is 6.65. The SMILES string of the molecule is COCN1C(=O)C(C)(C)Oc2ccc(C(C)N)cc21. The molecular formula is C14H20N2O3. The van der Waals surface area contributed by atoms with E-state index in [2.05, 4.69) is 0 Å². The molecule has 5 heteroatoms. The number of rotatable bonds is 3. The van der Waals surface area contributed by atoms with Gasteiger partial charge < -0.3 is 15.2 Å². The summed E-state index contributed by atoms with van der Waals surface area (Å²) in [6.07, 6.45) is 0. The molecule has 2 N–H and O–H groups in total. The summed E-state index contributed by atoms with van der Waals surface area (Å²) in [7, 11) is 1.56. The van der Waals surface area contributed by atoms with Gasteiger partial charge in [-0.15, -0.1) is 0 Å². The van der Waals surface area contributed by atoms with Crippen LogP contribution in [-0.4, -0.2) is 25.3 Å². The molecule has 1 aliphatic heterocycles. The summed E-state index contributed by atoms with van der Waals surface area (Å²) in [4.78, 5) is 14.0. The predicted molar refractivity (Wildman–Crippen MR) is 73.1 cm³/mol. The van der Waals surface area contributed by atoms with E-state index in [0.29, 0.717) is 11.4 Å². The Morgan fingerprint density at radius 3 is 2.74 bits per heavy atom. The molecule has 0 saturated heterocycles. The number of nitrogens with two attached hydrogens (primary N) is 1. The van der Waals surface area contributed by atoms with Gasteiger partial charge in [0.25, 0.3) is 5.91 Å². The fraction of sp³-hybridized carbons (Fsp3) is 0.500. The zero-order valence-corrected chi connectivity index (χ0v) is 11.8. The van der Waals surface area contributed by atoms with E-state index < -0.39 is 5.60 Å². The third-order valence-electron chi connectivity index (χ3n) is 3.18. The van der Waals surface area contributed by atoms with Gasteiger partial charge in [-0.3, -0.25) is 9.69 Å². The molecule has 1 aromatic rings. The lowest BCUT2D eigenvalue weighted by Crippen LogP contribution is -2.53. The van der Waals surface area contributed by atoms with Gasteiger partial charge in [0.1, 0.15) is 12.5 Å². The van der Waals surface area contributed by atoms with Crippen LogP contribution in [-0.2, 0) is 9.53 Å². The zero-order valence-electron chi connectivity index (χ0n) is 11.8. The number of ether oxygens (including phenoxy) is 2. The zero-order chi connectivity index (χ0) is 14.2. The number of benzene rings is 1. The molecule has 1 unspecified atom stereocenters. The van der Waals surface area contributed by atoms with Gasteiger partial charge in [-0.25, -0.2) is 0 Å². The lowest BCUT2D eigenvalue weighted by Gasteiger charge is -2.38. The number of hydrogen-bond acceptors (Lipinski definition) is 4. The van der Waals surface area contributed by atoms with Crippen LogP contribution < -0.4 is 15.4 Å². The van der Waals surface area contributed by atoms with Gasteiger partial charge in [-0.2, -0.15) is 0 Å². The van der Waals surface area contributed by atoms with Gasteiger partial charge in [0.05, 0.1) is 5.69 Å². The van der Waals surface area contributed by atoms with E-state index in [-0.39, 0.29) is 18.7 Å². The van der Waals surface area contributed by atoms with Gasteiger partial charge in [0.15, 0.2) is 5.60 Å². The van der Waals surface area contributed by atoms with Crippen LogP contribution >= 0.6 is 0 Å². The molecule has 1 aliphatic rings. The third-order valence-corrected chi connectivity index (χ3v) is 3.18. The number of fused-ring (bicyclic) bond motifs is 1. The number of nitrogens with zero attached hydrogens (tertiary/aromatic N) is 1. The van der Waals surface area contributed by atoms with Crippen molar-refractivity contribution in [2.24, 2.45) is 5.73 Å². The van der Waals surface area contributed by atoms with Crippen LogP contribution in [0.15, 0.2) is 18.2 Å². The monoisotopic (exact) mass is 264 g/mol. The quantitative estimate of drug-likeness (QED) is 0.904. The fourth-order valence-electron chi connectivity index (χ4n) is 2.13. The first kappa shape index (κ1) is 13.8. The molecular weight excluding hydrogens is 244 g/mol. The number of methoxy groups -OCH3 is 1. The van der Waals surface area contributed by atoms with Gasteiger partial charge in [0, 0.05) is 13.2 Å². The number of amides is 1. The van der Waals surface area contributed by atoms with Crippen molar-refractivity contribution in [3.63, 3.8) is 0 Å². The van der Waals surface area contributed by atoms with Crippen LogP contribution in [0, 0.1) is 0 Å². The standard InChI is InChI=1S/C14H20N2O3/c1-9(15)10-5-6-12-11(7-10)16(8-18-4)13(17)14(2,3)19-12/h5-7,9H,8,15H2,1-4H3. The Hall–Kier alpha value is -1.59. The minimum absolute atomic E-state index is 0.0975. The Balaban J connectivity index is 2.50. The van der Waals surface area contributed by atoms with E-state index in [1.165, 1.54) is 0 Å². The van der Waals surface area contributed by atoms with Crippen molar-refractivity contribution in [3.8, 4) is 5.75 Å². The maximum absolute atomic E-state index is 12.4. The van der Waals surface area contributed by atoms with Gasteiger partial charge >= 0.3 is 0 Å². The lowest BCUT2D eigenvalue weighted by atomic mass is 10.0. The van der Waals surface area contributed by atoms with Crippen LogP contribution in [0.3, 0.4) is 0 Å². The average molecular weight is 264 g/mol. The van der Waals surface area contributed by atoms with Crippen molar-refractivity contribution >= 4 is 11.6 Å². The Bertz CT molecular complexity index is 497. The van der Waals surface area contributed by atoms with Crippen molar-refractivity contribution in [1.29, 1.82) is 0 Å². The summed E-state index contributed by atoms with van der Waals surface area (Å²) in [6, 6.07) is 5.55. The first-order valence-electron chi connectivity index (χ1n) is 6.26. The van der Waals surface area contributed by atoms with Crippen molar-refractivity contribution in [2.45, 2.75) is 32.4 Å². The normalized spacial score (nSPS) is 18.8. The second-order valence-corrected chi connectivity index (χ2v) is 5.28. The number of anilines is 1. The predicted octanol–water partition coefficient (Wildman–Crippen LogP) is 1.81. The molecule has 0 aromatic heterocycles. The Labute approximate surface area is 113 Å².